The molecule has 1 aromatic heterocycles. The number of hydrogen-bond acceptors (Lipinski definition) is 3. The Morgan fingerprint density at radius 3 is 2.55 bits per heavy atom. The molecule has 22 heavy (non-hydrogen) atoms. The van der Waals surface area contributed by atoms with Gasteiger partial charge < -0.3 is 4.74 Å². The molecule has 0 amide bonds. The van der Waals surface area contributed by atoms with Gasteiger partial charge in [0, 0.05) is 24.1 Å². The summed E-state index contributed by atoms with van der Waals surface area (Å²) in [6.45, 7) is 7.06. The van der Waals surface area contributed by atoms with Crippen molar-refractivity contribution >= 4 is 5.69 Å². The van der Waals surface area contributed by atoms with Crippen LogP contribution in [0.4, 0.5) is 5.69 Å². The van der Waals surface area contributed by atoms with E-state index < -0.39 is 4.92 Å². The standard InChI is InChI=1S/C15H17N2O3.C2H6/c1-3-8-16-9-4-5-13(11-16)12-6-7-14(17(18)19)15(10-12)20-2;1-2/h4-7,9-11H,3,8H2,1-2H3;1-2H3/q+1;. The molecule has 0 N–H and O–H groups in total. The lowest BCUT2D eigenvalue weighted by Gasteiger charge is -2.05. The molecule has 0 saturated carbocycles. The number of nitrogens with zero attached hydrogens (tertiary/aromatic N) is 2. The zero-order valence-electron chi connectivity index (χ0n) is 13.6. The molecule has 0 saturated heterocycles. The third kappa shape index (κ3) is 4.28. The zero-order valence-corrected chi connectivity index (χ0v) is 13.6. The predicted octanol–water partition coefficient (Wildman–Crippen LogP) is 3.99. The van der Waals surface area contributed by atoms with Crippen molar-refractivity contribution < 1.29 is 14.2 Å². The summed E-state index contributed by atoms with van der Waals surface area (Å²) in [6.07, 6.45) is 5.09. The number of nitro benzene ring substituents is 1. The SMILES string of the molecule is CC.CCC[n+]1cccc(-c2ccc([N+](=O)[O-])c(OC)c2)c1. The molecule has 2 rings (SSSR count). The Kier molecular flexibility index (Phi) is 7.02. The normalized spacial score (nSPS) is 9.64. The predicted molar refractivity (Wildman–Crippen MR) is 86.9 cm³/mol. The van der Waals surface area contributed by atoms with Gasteiger partial charge in [0.25, 0.3) is 0 Å². The maximum atomic E-state index is 10.9. The maximum Gasteiger partial charge on any atom is 0.310 e. The van der Waals surface area contributed by atoms with Gasteiger partial charge in [-0.3, -0.25) is 10.1 Å². The van der Waals surface area contributed by atoms with Crippen molar-refractivity contribution in [3.63, 3.8) is 0 Å². The van der Waals surface area contributed by atoms with Crippen LogP contribution in [0, 0.1) is 10.1 Å². The highest BCUT2D eigenvalue weighted by Crippen LogP contribution is 2.31. The smallest absolute Gasteiger partial charge is 0.310 e. The molecule has 0 atom stereocenters. The molecule has 1 heterocycles. The lowest BCUT2D eigenvalue weighted by molar-refractivity contribution is -0.696. The Labute approximate surface area is 131 Å². The average molecular weight is 303 g/mol. The van der Waals surface area contributed by atoms with Crippen LogP contribution in [-0.2, 0) is 6.54 Å². The van der Waals surface area contributed by atoms with Gasteiger partial charge in [-0.25, -0.2) is 4.57 Å². The van der Waals surface area contributed by atoms with E-state index in [0.29, 0.717) is 0 Å². The summed E-state index contributed by atoms with van der Waals surface area (Å²) in [6, 6.07) is 8.87. The van der Waals surface area contributed by atoms with Crippen LogP contribution >= 0.6 is 0 Å². The number of nitro groups is 1. The van der Waals surface area contributed by atoms with Gasteiger partial charge in [-0.15, -0.1) is 0 Å². The van der Waals surface area contributed by atoms with Crippen LogP contribution in [0.3, 0.4) is 0 Å². The fourth-order valence-electron chi connectivity index (χ4n) is 2.10. The lowest BCUT2D eigenvalue weighted by atomic mass is 10.1. The quantitative estimate of drug-likeness (QED) is 0.476. The van der Waals surface area contributed by atoms with Crippen LogP contribution in [0.15, 0.2) is 42.7 Å². The van der Waals surface area contributed by atoms with Crippen molar-refractivity contribution in [3.8, 4) is 16.9 Å². The Balaban J connectivity index is 0.00000116. The molecule has 0 aliphatic heterocycles. The molecule has 0 fully saturated rings. The fourth-order valence-corrected chi connectivity index (χ4v) is 2.10. The molecule has 2 aromatic rings. The van der Waals surface area contributed by atoms with Gasteiger partial charge in [0.2, 0.25) is 0 Å². The first-order valence-corrected chi connectivity index (χ1v) is 7.47. The van der Waals surface area contributed by atoms with E-state index in [1.807, 2.05) is 38.4 Å². The number of hydrogen-bond donors (Lipinski definition) is 0. The average Bonchev–Trinajstić information content (AvgIpc) is 2.56. The summed E-state index contributed by atoms with van der Waals surface area (Å²) in [4.78, 5) is 10.4. The Hall–Kier alpha value is -2.43. The first-order valence-electron chi connectivity index (χ1n) is 7.47. The van der Waals surface area contributed by atoms with Gasteiger partial charge in [0.1, 0.15) is 6.54 Å². The number of ether oxygens (including phenoxy) is 1. The molecule has 0 aliphatic carbocycles. The molecule has 0 radical (unpaired) electrons. The molecule has 5 nitrogen and oxygen atoms in total. The van der Waals surface area contributed by atoms with Gasteiger partial charge in [-0.05, 0) is 23.8 Å². The summed E-state index contributed by atoms with van der Waals surface area (Å²) in [5, 5.41) is 10.9. The van der Waals surface area contributed by atoms with E-state index in [4.69, 9.17) is 4.74 Å². The second-order valence-corrected chi connectivity index (χ2v) is 4.47. The second kappa shape index (κ2) is 8.77. The summed E-state index contributed by atoms with van der Waals surface area (Å²) >= 11 is 0. The van der Waals surface area contributed by atoms with Crippen molar-refractivity contribution in [3.05, 3.63) is 52.8 Å². The van der Waals surface area contributed by atoms with Crippen molar-refractivity contribution in [1.29, 1.82) is 0 Å². The highest BCUT2D eigenvalue weighted by atomic mass is 16.6. The number of aryl methyl sites for hydroxylation is 1. The Bertz CT molecular complexity index is 627. The third-order valence-electron chi connectivity index (χ3n) is 3.05. The van der Waals surface area contributed by atoms with Crippen molar-refractivity contribution in [2.24, 2.45) is 0 Å². The van der Waals surface area contributed by atoms with Gasteiger partial charge in [0.15, 0.2) is 18.1 Å². The van der Waals surface area contributed by atoms with Crippen LogP contribution in [0.2, 0.25) is 0 Å². The molecule has 0 spiro atoms. The summed E-state index contributed by atoms with van der Waals surface area (Å²) < 4.78 is 7.20. The largest absolute Gasteiger partial charge is 0.490 e. The van der Waals surface area contributed by atoms with Crippen LogP contribution in [0.5, 0.6) is 5.75 Å². The van der Waals surface area contributed by atoms with Crippen LogP contribution < -0.4 is 9.30 Å². The van der Waals surface area contributed by atoms with Crippen LogP contribution in [-0.4, -0.2) is 12.0 Å². The van der Waals surface area contributed by atoms with Gasteiger partial charge in [-0.2, -0.15) is 0 Å². The molecule has 0 bridgehead atoms. The van der Waals surface area contributed by atoms with Crippen molar-refractivity contribution in [2.75, 3.05) is 7.11 Å². The Morgan fingerprint density at radius 2 is 1.95 bits per heavy atom. The fraction of sp³-hybridized carbons (Fsp3) is 0.353. The number of aromatic nitrogens is 1. The number of pyridine rings is 1. The second-order valence-electron chi connectivity index (χ2n) is 4.47. The van der Waals surface area contributed by atoms with E-state index in [-0.39, 0.29) is 11.4 Å². The minimum absolute atomic E-state index is 0.0198. The molecule has 1 aromatic carbocycles. The van der Waals surface area contributed by atoms with E-state index in [9.17, 15) is 10.1 Å². The van der Waals surface area contributed by atoms with Gasteiger partial charge in [0.05, 0.1) is 12.0 Å². The molecular weight excluding hydrogens is 280 g/mol. The number of benzene rings is 1. The van der Waals surface area contributed by atoms with Crippen LogP contribution in [0.1, 0.15) is 27.2 Å². The summed E-state index contributed by atoms with van der Waals surface area (Å²) in [5.74, 6) is 0.276. The van der Waals surface area contributed by atoms with Gasteiger partial charge >= 0.3 is 5.69 Å². The van der Waals surface area contributed by atoms with E-state index in [1.165, 1.54) is 13.2 Å². The minimum Gasteiger partial charge on any atom is -0.490 e. The highest BCUT2D eigenvalue weighted by Gasteiger charge is 2.16. The monoisotopic (exact) mass is 303 g/mol. The molecule has 118 valence electrons. The first-order chi connectivity index (χ1) is 10.7. The minimum atomic E-state index is -0.440. The molecule has 5 heteroatoms. The van der Waals surface area contributed by atoms with Crippen LogP contribution in [0.25, 0.3) is 11.1 Å². The third-order valence-corrected chi connectivity index (χ3v) is 3.05. The van der Waals surface area contributed by atoms with E-state index in [1.54, 1.807) is 12.1 Å². The van der Waals surface area contributed by atoms with E-state index in [0.717, 1.165) is 24.1 Å². The van der Waals surface area contributed by atoms with Gasteiger partial charge in [-0.1, -0.05) is 20.8 Å². The summed E-state index contributed by atoms with van der Waals surface area (Å²) in [7, 11) is 1.44. The topological polar surface area (TPSA) is 56.2 Å². The highest BCUT2D eigenvalue weighted by molar-refractivity contribution is 5.67. The molecule has 0 aliphatic rings. The first kappa shape index (κ1) is 17.6. The van der Waals surface area contributed by atoms with Crippen molar-refractivity contribution in [2.45, 2.75) is 33.7 Å². The maximum absolute atomic E-state index is 10.9. The van der Waals surface area contributed by atoms with E-state index >= 15 is 0 Å². The molecular formula is C17H23N2O3+. The number of methoxy groups -OCH3 is 1. The number of rotatable bonds is 5. The van der Waals surface area contributed by atoms with Crippen molar-refractivity contribution in [1.82, 2.24) is 0 Å². The Morgan fingerprint density at radius 1 is 1.23 bits per heavy atom. The molecule has 0 unspecified atom stereocenters. The van der Waals surface area contributed by atoms with E-state index in [2.05, 4.69) is 11.5 Å². The lowest BCUT2D eigenvalue weighted by Crippen LogP contribution is -2.32. The zero-order chi connectivity index (χ0) is 16.5. The summed E-state index contributed by atoms with van der Waals surface area (Å²) in [5.41, 5.74) is 1.89.